The van der Waals surface area contributed by atoms with Crippen molar-refractivity contribution in [2.75, 3.05) is 11.9 Å². The number of amides is 1. The zero-order valence-corrected chi connectivity index (χ0v) is 11.3. The van der Waals surface area contributed by atoms with Crippen LogP contribution in [0.2, 0.25) is 0 Å². The molecule has 1 aromatic carbocycles. The van der Waals surface area contributed by atoms with E-state index in [1.807, 2.05) is 12.1 Å². The van der Waals surface area contributed by atoms with E-state index in [9.17, 15) is 4.79 Å². The van der Waals surface area contributed by atoms with Gasteiger partial charge >= 0.3 is 0 Å². The smallest absolute Gasteiger partial charge is 0.235 e. The molecule has 2 atom stereocenters. The van der Waals surface area contributed by atoms with E-state index in [1.165, 1.54) is 0 Å². The van der Waals surface area contributed by atoms with Crippen LogP contribution in [0, 0.1) is 0 Å². The first-order chi connectivity index (χ1) is 8.12. The van der Waals surface area contributed by atoms with Crippen LogP contribution in [0.15, 0.2) is 22.7 Å². The van der Waals surface area contributed by atoms with Crippen molar-refractivity contribution in [3.8, 4) is 0 Å². The third kappa shape index (κ3) is 1.62. The second-order valence-corrected chi connectivity index (χ2v) is 5.95. The molecule has 90 valence electrons. The summed E-state index contributed by atoms with van der Waals surface area (Å²) in [6.07, 6.45) is 1.76. The van der Waals surface area contributed by atoms with E-state index < -0.39 is 0 Å². The lowest BCUT2D eigenvalue weighted by molar-refractivity contribution is -0.122. The Hall–Kier alpha value is -0.870. The summed E-state index contributed by atoms with van der Waals surface area (Å²) in [4.78, 5) is 12.3. The molecule has 1 unspecified atom stereocenters. The fraction of sp³-hybridized carbons (Fsp3) is 0.462. The first kappa shape index (κ1) is 11.2. The van der Waals surface area contributed by atoms with Crippen LogP contribution in [0.3, 0.4) is 0 Å². The van der Waals surface area contributed by atoms with Gasteiger partial charge in [-0.3, -0.25) is 4.79 Å². The molecule has 1 aromatic rings. The number of nitrogens with one attached hydrogen (secondary N) is 2. The number of anilines is 1. The van der Waals surface area contributed by atoms with Gasteiger partial charge in [-0.05, 0) is 50.1 Å². The average molecular weight is 295 g/mol. The van der Waals surface area contributed by atoms with Crippen molar-refractivity contribution in [3.05, 3.63) is 28.2 Å². The molecule has 2 N–H and O–H groups in total. The molecule has 17 heavy (non-hydrogen) atoms. The normalized spacial score (nSPS) is 31.4. The van der Waals surface area contributed by atoms with Crippen LogP contribution in [-0.2, 0) is 10.2 Å². The molecule has 4 heteroatoms. The summed E-state index contributed by atoms with van der Waals surface area (Å²) in [5.74, 6) is 0.166. The molecule has 3 rings (SSSR count). The van der Waals surface area contributed by atoms with Gasteiger partial charge in [0.25, 0.3) is 0 Å². The summed E-state index contributed by atoms with van der Waals surface area (Å²) in [6, 6.07) is 6.44. The highest BCUT2D eigenvalue weighted by atomic mass is 79.9. The second-order valence-electron chi connectivity index (χ2n) is 5.04. The predicted octanol–water partition coefficient (Wildman–Crippen LogP) is 2.41. The van der Waals surface area contributed by atoms with Gasteiger partial charge in [0.15, 0.2) is 0 Å². The summed E-state index contributed by atoms with van der Waals surface area (Å²) in [5, 5.41) is 6.43. The molecule has 0 aromatic heterocycles. The molecule has 0 saturated carbocycles. The number of hydrogen-bond donors (Lipinski definition) is 2. The van der Waals surface area contributed by atoms with Crippen LogP contribution in [-0.4, -0.2) is 18.5 Å². The molecule has 3 nitrogen and oxygen atoms in total. The van der Waals surface area contributed by atoms with Crippen molar-refractivity contribution < 1.29 is 4.79 Å². The minimum absolute atomic E-state index is 0.166. The number of hydrogen-bond acceptors (Lipinski definition) is 2. The van der Waals surface area contributed by atoms with Gasteiger partial charge in [-0.2, -0.15) is 0 Å². The van der Waals surface area contributed by atoms with Crippen LogP contribution in [0.25, 0.3) is 0 Å². The quantitative estimate of drug-likeness (QED) is 0.771. The number of halogens is 1. The van der Waals surface area contributed by atoms with E-state index in [-0.39, 0.29) is 11.3 Å². The molecule has 1 amide bonds. The molecular weight excluding hydrogens is 280 g/mol. The first-order valence-electron chi connectivity index (χ1n) is 5.97. The lowest BCUT2D eigenvalue weighted by Gasteiger charge is -2.36. The Balaban J connectivity index is 2.11. The van der Waals surface area contributed by atoms with Gasteiger partial charge in [-0.15, -0.1) is 0 Å². The maximum absolute atomic E-state index is 12.3. The van der Waals surface area contributed by atoms with Gasteiger partial charge in [0, 0.05) is 16.2 Å². The molecule has 2 aliphatic heterocycles. The Morgan fingerprint density at radius 1 is 1.47 bits per heavy atom. The van der Waals surface area contributed by atoms with Crippen LogP contribution >= 0.6 is 15.9 Å². The third-order valence-corrected chi connectivity index (χ3v) is 4.37. The number of rotatable bonds is 0. The minimum atomic E-state index is -0.316. The van der Waals surface area contributed by atoms with Crippen molar-refractivity contribution in [1.82, 2.24) is 5.32 Å². The molecule has 1 saturated heterocycles. The average Bonchev–Trinajstić information content (AvgIpc) is 2.53. The molecule has 0 bridgehead atoms. The van der Waals surface area contributed by atoms with Crippen LogP contribution < -0.4 is 10.6 Å². The highest BCUT2D eigenvalue weighted by Gasteiger charge is 2.48. The second kappa shape index (κ2) is 3.82. The molecule has 2 aliphatic rings. The number of fused-ring (bicyclic) bond motifs is 2. The van der Waals surface area contributed by atoms with Crippen LogP contribution in [0.5, 0.6) is 0 Å². The number of piperidine rings is 1. The summed E-state index contributed by atoms with van der Waals surface area (Å²) in [5.41, 5.74) is 1.82. The van der Waals surface area contributed by atoms with E-state index in [0.29, 0.717) is 6.04 Å². The largest absolute Gasteiger partial charge is 0.325 e. The number of carbonyl (C=O) groups is 1. The molecular formula is C13H15BrN2O. The van der Waals surface area contributed by atoms with E-state index >= 15 is 0 Å². The number of carbonyl (C=O) groups excluding carboxylic acids is 1. The van der Waals surface area contributed by atoms with Crippen molar-refractivity contribution in [2.24, 2.45) is 0 Å². The zero-order valence-electron chi connectivity index (χ0n) is 9.72. The summed E-state index contributed by atoms with van der Waals surface area (Å²) in [7, 11) is 0. The molecule has 1 spiro atoms. The maximum atomic E-state index is 12.3. The standard InChI is InChI=1S/C13H15BrN2O/c1-8-7-13(4-5-15-8)10-6-9(14)2-3-11(10)16-12(13)17/h2-3,6,8,15H,4-5,7H2,1H3,(H,16,17)/t8-,13?/m1/s1. The first-order valence-corrected chi connectivity index (χ1v) is 6.76. The Morgan fingerprint density at radius 2 is 2.29 bits per heavy atom. The van der Waals surface area contributed by atoms with Crippen LogP contribution in [0.1, 0.15) is 25.3 Å². The SMILES string of the molecule is C[C@@H]1CC2(CCN1)C(=O)Nc1ccc(Br)cc12. The molecule has 0 aliphatic carbocycles. The lowest BCUT2D eigenvalue weighted by Crippen LogP contribution is -2.48. The summed E-state index contributed by atoms with van der Waals surface area (Å²) < 4.78 is 1.04. The fourth-order valence-electron chi connectivity index (χ4n) is 3.07. The van der Waals surface area contributed by atoms with E-state index in [0.717, 1.165) is 35.1 Å². The van der Waals surface area contributed by atoms with Gasteiger partial charge in [-0.25, -0.2) is 0 Å². The van der Waals surface area contributed by atoms with Crippen molar-refractivity contribution in [3.63, 3.8) is 0 Å². The Morgan fingerprint density at radius 3 is 3.06 bits per heavy atom. The highest BCUT2D eigenvalue weighted by Crippen LogP contribution is 2.45. The lowest BCUT2D eigenvalue weighted by atomic mass is 9.72. The van der Waals surface area contributed by atoms with Crippen molar-refractivity contribution in [1.29, 1.82) is 0 Å². The number of benzene rings is 1. The maximum Gasteiger partial charge on any atom is 0.235 e. The molecule has 0 radical (unpaired) electrons. The van der Waals surface area contributed by atoms with Gasteiger partial charge in [0.2, 0.25) is 5.91 Å². The third-order valence-electron chi connectivity index (χ3n) is 3.88. The Bertz CT molecular complexity index is 488. The van der Waals surface area contributed by atoms with Gasteiger partial charge in [0.05, 0.1) is 5.41 Å². The fourth-order valence-corrected chi connectivity index (χ4v) is 3.43. The molecule has 1 fully saturated rings. The monoisotopic (exact) mass is 294 g/mol. The van der Waals surface area contributed by atoms with Crippen molar-refractivity contribution >= 4 is 27.5 Å². The van der Waals surface area contributed by atoms with E-state index in [2.05, 4.69) is 39.6 Å². The van der Waals surface area contributed by atoms with Gasteiger partial charge < -0.3 is 10.6 Å². The highest BCUT2D eigenvalue weighted by molar-refractivity contribution is 9.10. The van der Waals surface area contributed by atoms with Crippen molar-refractivity contribution in [2.45, 2.75) is 31.2 Å². The summed E-state index contributed by atoms with van der Waals surface area (Å²) >= 11 is 3.50. The van der Waals surface area contributed by atoms with E-state index in [1.54, 1.807) is 0 Å². The predicted molar refractivity (Wildman–Crippen MR) is 71.1 cm³/mol. The topological polar surface area (TPSA) is 41.1 Å². The van der Waals surface area contributed by atoms with Gasteiger partial charge in [0.1, 0.15) is 0 Å². The Labute approximate surface area is 109 Å². The Kier molecular flexibility index (Phi) is 2.52. The minimum Gasteiger partial charge on any atom is -0.325 e. The summed E-state index contributed by atoms with van der Waals surface area (Å²) in [6.45, 7) is 3.05. The van der Waals surface area contributed by atoms with E-state index in [4.69, 9.17) is 0 Å². The zero-order chi connectivity index (χ0) is 12.0. The molecule has 2 heterocycles. The van der Waals surface area contributed by atoms with Crippen LogP contribution in [0.4, 0.5) is 5.69 Å². The van der Waals surface area contributed by atoms with Gasteiger partial charge in [-0.1, -0.05) is 15.9 Å².